The molecule has 0 spiro atoms. The first-order valence-electron chi connectivity index (χ1n) is 6.56. The molecule has 23 heavy (non-hydrogen) atoms. The number of benzene rings is 1. The van der Waals surface area contributed by atoms with Crippen LogP contribution in [0, 0.1) is 0 Å². The molecular weight excluding hydrogens is 377 g/mol. The van der Waals surface area contributed by atoms with Crippen LogP contribution in [-0.4, -0.2) is 35.5 Å². The summed E-state index contributed by atoms with van der Waals surface area (Å²) >= 11 is 9.87. The van der Waals surface area contributed by atoms with Crippen molar-refractivity contribution in [3.05, 3.63) is 35.9 Å². The summed E-state index contributed by atoms with van der Waals surface area (Å²) in [6.45, 7) is 4.04. The van der Waals surface area contributed by atoms with Crippen LogP contribution in [0.2, 0.25) is 0 Å². The Morgan fingerprint density at radius 2 is 1.74 bits per heavy atom. The Kier molecular flexibility index (Phi) is 11.1. The van der Waals surface area contributed by atoms with E-state index < -0.39 is 0 Å². The molecule has 0 heterocycles. The molecule has 6 nitrogen and oxygen atoms in total. The number of hydrogen-bond donors (Lipinski definition) is 1. The van der Waals surface area contributed by atoms with E-state index in [1.807, 2.05) is 37.3 Å². The normalized spacial score (nSPS) is 13.3. The maximum absolute atomic E-state index is 5.09. The molecule has 1 aromatic carbocycles. The third-order valence-electron chi connectivity index (χ3n) is 2.39. The Labute approximate surface area is 157 Å². The molecule has 1 aromatic rings. The minimum absolute atomic E-state index is 0. The van der Waals surface area contributed by atoms with Gasteiger partial charge < -0.3 is 35.3 Å². The van der Waals surface area contributed by atoms with Gasteiger partial charge in [-0.1, -0.05) is 30.3 Å². The number of rotatable bonds is 5. The molecule has 0 aliphatic heterocycles. The summed E-state index contributed by atoms with van der Waals surface area (Å²) in [6.07, 6.45) is 0. The predicted molar refractivity (Wildman–Crippen MR) is 96.4 cm³/mol. The number of amidine groups is 1. The summed E-state index contributed by atoms with van der Waals surface area (Å²) in [5, 5.41) is 19.0. The topological polar surface area (TPSA) is 70.7 Å². The summed E-state index contributed by atoms with van der Waals surface area (Å²) in [4.78, 5) is 0. The third-order valence-corrected chi connectivity index (χ3v) is 2.88. The van der Waals surface area contributed by atoms with Crippen molar-refractivity contribution in [2.24, 2.45) is 20.4 Å². The van der Waals surface area contributed by atoms with Crippen LogP contribution in [0.25, 0.3) is 0 Å². The molecule has 0 bridgehead atoms. The van der Waals surface area contributed by atoms with Crippen LogP contribution in [0.5, 0.6) is 0 Å². The van der Waals surface area contributed by atoms with Crippen LogP contribution >= 0.6 is 0 Å². The predicted octanol–water partition coefficient (Wildman–Crippen LogP) is 1.83. The van der Waals surface area contributed by atoms with Crippen LogP contribution in [0.4, 0.5) is 0 Å². The molecule has 0 saturated carbocycles. The van der Waals surface area contributed by atoms with Crippen LogP contribution in [0.1, 0.15) is 19.4 Å². The number of hydrogen-bond acceptors (Lipinski definition) is 7. The first kappa shape index (κ1) is 21.4. The third kappa shape index (κ3) is 8.01. The molecule has 0 radical (unpaired) electrons. The van der Waals surface area contributed by atoms with Gasteiger partial charge in [-0.3, -0.25) is 0 Å². The molecule has 0 atom stereocenters. The van der Waals surface area contributed by atoms with Gasteiger partial charge >= 0.3 is 16.5 Å². The van der Waals surface area contributed by atoms with Crippen LogP contribution in [-0.2, 0) is 46.5 Å². The first-order valence-corrected chi connectivity index (χ1v) is 7.38. The van der Waals surface area contributed by atoms with E-state index >= 15 is 0 Å². The first-order chi connectivity index (χ1) is 10.6. The SMILES string of the molecule is CCOC([S-])=NN=C(C(C)=NN=C([S-])NC)c1ccccc1.[Ni+2]. The minimum Gasteiger partial charge on any atom is -0.741 e. The summed E-state index contributed by atoms with van der Waals surface area (Å²) in [5.74, 6) is 0. The summed E-state index contributed by atoms with van der Waals surface area (Å²) in [5.41, 5.74) is 1.95. The van der Waals surface area contributed by atoms with Crippen molar-refractivity contribution >= 4 is 47.1 Å². The molecule has 1 N–H and O–H groups in total. The zero-order chi connectivity index (χ0) is 16.4. The second-order valence-electron chi connectivity index (χ2n) is 3.95. The zero-order valence-electron chi connectivity index (χ0n) is 12.9. The van der Waals surface area contributed by atoms with Gasteiger partial charge in [0.15, 0.2) is 0 Å². The van der Waals surface area contributed by atoms with Crippen molar-refractivity contribution in [3.63, 3.8) is 0 Å². The van der Waals surface area contributed by atoms with Crippen molar-refractivity contribution < 1.29 is 21.2 Å². The van der Waals surface area contributed by atoms with Crippen molar-refractivity contribution in [1.29, 1.82) is 0 Å². The average molecular weight is 394 g/mol. The molecule has 0 fully saturated rings. The van der Waals surface area contributed by atoms with Crippen molar-refractivity contribution in [2.45, 2.75) is 13.8 Å². The monoisotopic (exact) mass is 393 g/mol. The van der Waals surface area contributed by atoms with E-state index in [0.29, 0.717) is 18.0 Å². The fourth-order valence-corrected chi connectivity index (χ4v) is 1.60. The molecule has 9 heteroatoms. The second kappa shape index (κ2) is 11.9. The molecular formula is C14H17N5NiOS2. The number of ether oxygens (including phenoxy) is 1. The van der Waals surface area contributed by atoms with Gasteiger partial charge in [0.2, 0.25) is 0 Å². The molecule has 1 rings (SSSR count). The standard InChI is InChI=1S/C14H19N5OS2.Ni/c1-4-20-14(22)19-17-12(11-8-6-5-7-9-11)10(2)16-18-13(21)15-3;/h5-9H,4H2,1-3H3,(H,19,22)(H2,15,18,21);/q;+2/p-2. The Hall–Kier alpha value is -1.57. The van der Waals surface area contributed by atoms with Crippen molar-refractivity contribution in [1.82, 2.24) is 5.32 Å². The van der Waals surface area contributed by atoms with Crippen LogP contribution in [0.3, 0.4) is 0 Å². The van der Waals surface area contributed by atoms with Crippen molar-refractivity contribution in [2.75, 3.05) is 13.7 Å². The Morgan fingerprint density at radius 1 is 1.09 bits per heavy atom. The van der Waals surface area contributed by atoms with Gasteiger partial charge in [0.25, 0.3) is 0 Å². The van der Waals surface area contributed by atoms with E-state index in [0.717, 1.165) is 5.56 Å². The Morgan fingerprint density at radius 3 is 2.30 bits per heavy atom. The Balaban J connectivity index is 0.00000484. The van der Waals surface area contributed by atoms with E-state index in [-0.39, 0.29) is 26.9 Å². The summed E-state index contributed by atoms with van der Waals surface area (Å²) in [7, 11) is 1.68. The molecule has 126 valence electrons. The van der Waals surface area contributed by atoms with Gasteiger partial charge in [0.05, 0.1) is 17.5 Å². The molecule has 0 aromatic heterocycles. The zero-order valence-corrected chi connectivity index (χ0v) is 15.5. The van der Waals surface area contributed by atoms with E-state index in [1.54, 1.807) is 14.0 Å². The molecule has 0 aliphatic rings. The van der Waals surface area contributed by atoms with E-state index in [1.165, 1.54) is 0 Å². The maximum Gasteiger partial charge on any atom is 2.00 e. The Bertz CT molecular complexity index is 602. The quantitative estimate of drug-likeness (QED) is 0.272. The smallest absolute Gasteiger partial charge is 0.741 e. The molecule has 0 unspecified atom stereocenters. The number of nitrogens with one attached hydrogen (secondary N) is 1. The fraction of sp³-hybridized carbons (Fsp3) is 0.286. The van der Waals surface area contributed by atoms with Crippen LogP contribution < -0.4 is 5.32 Å². The maximum atomic E-state index is 5.09. The molecule has 0 saturated heterocycles. The van der Waals surface area contributed by atoms with Crippen molar-refractivity contribution in [3.8, 4) is 0 Å². The van der Waals surface area contributed by atoms with E-state index in [9.17, 15) is 0 Å². The summed E-state index contributed by atoms with van der Waals surface area (Å²) < 4.78 is 5.09. The van der Waals surface area contributed by atoms with Gasteiger partial charge in [-0.05, 0) is 19.0 Å². The van der Waals surface area contributed by atoms with Crippen LogP contribution in [0.15, 0.2) is 50.7 Å². The minimum atomic E-state index is 0. The molecule has 0 aliphatic carbocycles. The second-order valence-corrected chi connectivity index (χ2v) is 4.69. The molecule has 0 amide bonds. The van der Waals surface area contributed by atoms with Gasteiger partial charge in [0.1, 0.15) is 5.71 Å². The van der Waals surface area contributed by atoms with Gasteiger partial charge in [-0.2, -0.15) is 10.2 Å². The van der Waals surface area contributed by atoms with Gasteiger partial charge in [-0.15, -0.1) is 10.2 Å². The fourth-order valence-electron chi connectivity index (χ4n) is 1.40. The van der Waals surface area contributed by atoms with E-state index in [2.05, 4.69) is 25.7 Å². The average Bonchev–Trinajstić information content (AvgIpc) is 2.54. The van der Waals surface area contributed by atoms with E-state index in [4.69, 9.17) is 30.0 Å². The summed E-state index contributed by atoms with van der Waals surface area (Å²) in [6, 6.07) is 9.50. The van der Waals surface area contributed by atoms with Gasteiger partial charge in [0, 0.05) is 12.6 Å². The number of nitrogens with zero attached hydrogens (tertiary/aromatic N) is 4. The largest absolute Gasteiger partial charge is 2.00 e. The van der Waals surface area contributed by atoms with Gasteiger partial charge in [-0.25, -0.2) is 0 Å².